The third-order valence-electron chi connectivity index (χ3n) is 4.06. The molecule has 0 spiro atoms. The molecule has 3 aromatic rings. The lowest BCUT2D eigenvalue weighted by Crippen LogP contribution is -2.20. The van der Waals surface area contributed by atoms with Crippen molar-refractivity contribution in [3.05, 3.63) is 68.7 Å². The summed E-state index contributed by atoms with van der Waals surface area (Å²) in [6.07, 6.45) is 1.63. The Kier molecular flexibility index (Phi) is 3.35. The van der Waals surface area contributed by atoms with Gasteiger partial charge in [-0.3, -0.25) is 9.59 Å². The fourth-order valence-electron chi connectivity index (χ4n) is 2.87. The van der Waals surface area contributed by atoms with Gasteiger partial charge in [0.15, 0.2) is 0 Å². The zero-order valence-corrected chi connectivity index (χ0v) is 14.3. The Bertz CT molecular complexity index is 1090. The SMILES string of the molecule is CN1C(=O)/C(=C/c2nc3ccccc3c(=O)[nH]2)c2cc(Br)ccc21. The zero-order chi connectivity index (χ0) is 16.8. The molecule has 2 aromatic carbocycles. The number of benzene rings is 2. The molecule has 2 heterocycles. The van der Waals surface area contributed by atoms with Crippen molar-refractivity contribution in [2.45, 2.75) is 0 Å². The van der Waals surface area contributed by atoms with E-state index in [1.54, 1.807) is 36.2 Å². The van der Waals surface area contributed by atoms with Crippen LogP contribution in [0.1, 0.15) is 11.4 Å². The molecule has 1 aliphatic rings. The van der Waals surface area contributed by atoms with Crippen molar-refractivity contribution < 1.29 is 4.79 Å². The number of nitrogens with one attached hydrogen (secondary N) is 1. The first kappa shape index (κ1) is 14.8. The third-order valence-corrected chi connectivity index (χ3v) is 4.55. The number of rotatable bonds is 1. The predicted octanol–water partition coefficient (Wildman–Crippen LogP) is 3.20. The maximum atomic E-state index is 12.5. The van der Waals surface area contributed by atoms with Gasteiger partial charge in [-0.1, -0.05) is 28.1 Å². The van der Waals surface area contributed by atoms with E-state index < -0.39 is 0 Å². The molecule has 5 nitrogen and oxygen atoms in total. The number of aromatic amines is 1. The van der Waals surface area contributed by atoms with E-state index in [9.17, 15) is 9.59 Å². The topological polar surface area (TPSA) is 66.1 Å². The van der Waals surface area contributed by atoms with Crippen molar-refractivity contribution in [3.8, 4) is 0 Å². The van der Waals surface area contributed by atoms with Crippen molar-refractivity contribution in [2.75, 3.05) is 11.9 Å². The van der Waals surface area contributed by atoms with E-state index in [1.165, 1.54) is 0 Å². The first-order valence-corrected chi connectivity index (χ1v) is 8.12. The molecule has 0 bridgehead atoms. The Labute approximate surface area is 145 Å². The highest BCUT2D eigenvalue weighted by Crippen LogP contribution is 2.38. The lowest BCUT2D eigenvalue weighted by molar-refractivity contribution is -0.112. The van der Waals surface area contributed by atoms with Gasteiger partial charge < -0.3 is 9.88 Å². The lowest BCUT2D eigenvalue weighted by atomic mass is 10.1. The van der Waals surface area contributed by atoms with E-state index in [2.05, 4.69) is 25.9 Å². The third kappa shape index (κ3) is 2.27. The number of para-hydroxylation sites is 1. The summed E-state index contributed by atoms with van der Waals surface area (Å²) in [5.41, 5.74) is 2.53. The van der Waals surface area contributed by atoms with Crippen molar-refractivity contribution >= 4 is 50.1 Å². The second-order valence-corrected chi connectivity index (χ2v) is 6.47. The minimum absolute atomic E-state index is 0.126. The summed E-state index contributed by atoms with van der Waals surface area (Å²) in [6.45, 7) is 0. The number of carbonyl (C=O) groups is 1. The number of carbonyl (C=O) groups excluding carboxylic acids is 1. The van der Waals surface area contributed by atoms with Crippen molar-refractivity contribution in [3.63, 3.8) is 0 Å². The fourth-order valence-corrected chi connectivity index (χ4v) is 3.23. The molecular formula is C18H12BrN3O2. The van der Waals surface area contributed by atoms with Crippen LogP contribution in [0.5, 0.6) is 0 Å². The second kappa shape index (κ2) is 5.42. The van der Waals surface area contributed by atoms with Crippen LogP contribution in [-0.4, -0.2) is 22.9 Å². The highest BCUT2D eigenvalue weighted by Gasteiger charge is 2.29. The fraction of sp³-hybridized carbons (Fsp3) is 0.0556. The van der Waals surface area contributed by atoms with Gasteiger partial charge in [-0.15, -0.1) is 0 Å². The van der Waals surface area contributed by atoms with Gasteiger partial charge in [0.05, 0.1) is 22.2 Å². The van der Waals surface area contributed by atoms with Crippen LogP contribution in [0.2, 0.25) is 0 Å². The lowest BCUT2D eigenvalue weighted by Gasteiger charge is -2.08. The predicted molar refractivity (Wildman–Crippen MR) is 97.8 cm³/mol. The molecule has 0 fully saturated rings. The van der Waals surface area contributed by atoms with E-state index in [0.717, 1.165) is 15.7 Å². The quantitative estimate of drug-likeness (QED) is 0.658. The highest BCUT2D eigenvalue weighted by atomic mass is 79.9. The number of hydrogen-bond acceptors (Lipinski definition) is 3. The van der Waals surface area contributed by atoms with Gasteiger partial charge in [0.1, 0.15) is 5.82 Å². The Balaban J connectivity index is 1.92. The summed E-state index contributed by atoms with van der Waals surface area (Å²) in [5, 5.41) is 0.526. The smallest absolute Gasteiger partial charge is 0.259 e. The standard InChI is InChI=1S/C18H12BrN3O2/c1-22-15-7-6-10(19)8-12(15)13(18(22)24)9-16-20-14-5-3-2-4-11(14)17(23)21-16/h2-9H,1H3,(H,20,21,23)/b13-9+. The van der Waals surface area contributed by atoms with Crippen molar-refractivity contribution in [1.29, 1.82) is 0 Å². The average molecular weight is 382 g/mol. The van der Waals surface area contributed by atoms with E-state index in [0.29, 0.717) is 22.3 Å². The van der Waals surface area contributed by atoms with Gasteiger partial charge >= 0.3 is 0 Å². The van der Waals surface area contributed by atoms with Crippen LogP contribution >= 0.6 is 15.9 Å². The molecule has 1 aliphatic heterocycles. The van der Waals surface area contributed by atoms with Gasteiger partial charge in [0, 0.05) is 17.1 Å². The Morgan fingerprint density at radius 1 is 1.17 bits per heavy atom. The number of hydrogen-bond donors (Lipinski definition) is 1. The Morgan fingerprint density at radius 3 is 2.79 bits per heavy atom. The minimum atomic E-state index is -0.222. The van der Waals surface area contributed by atoms with Crippen LogP contribution in [0.15, 0.2) is 51.7 Å². The molecule has 24 heavy (non-hydrogen) atoms. The molecule has 0 radical (unpaired) electrons. The molecule has 0 unspecified atom stereocenters. The Hall–Kier alpha value is -2.73. The zero-order valence-electron chi connectivity index (χ0n) is 12.7. The van der Waals surface area contributed by atoms with E-state index in [1.807, 2.05) is 24.3 Å². The molecule has 6 heteroatoms. The van der Waals surface area contributed by atoms with Gasteiger partial charge in [-0.2, -0.15) is 0 Å². The van der Waals surface area contributed by atoms with Gasteiger partial charge in [-0.25, -0.2) is 4.98 Å². The maximum absolute atomic E-state index is 12.5. The number of H-pyrrole nitrogens is 1. The van der Waals surface area contributed by atoms with Crippen molar-refractivity contribution in [1.82, 2.24) is 9.97 Å². The monoisotopic (exact) mass is 381 g/mol. The summed E-state index contributed by atoms with van der Waals surface area (Å²) in [5.74, 6) is 0.238. The number of fused-ring (bicyclic) bond motifs is 2. The highest BCUT2D eigenvalue weighted by molar-refractivity contribution is 9.10. The number of amides is 1. The number of likely N-dealkylation sites (N-methyl/N-ethyl adjacent to an activating group) is 1. The molecule has 0 atom stereocenters. The molecule has 0 saturated carbocycles. The molecule has 4 rings (SSSR count). The van der Waals surface area contributed by atoms with Crippen LogP contribution in [-0.2, 0) is 4.79 Å². The average Bonchev–Trinajstić information content (AvgIpc) is 2.79. The molecular weight excluding hydrogens is 370 g/mol. The maximum Gasteiger partial charge on any atom is 0.259 e. The molecule has 0 saturated heterocycles. The van der Waals surface area contributed by atoms with Gasteiger partial charge in [0.2, 0.25) is 0 Å². The molecule has 1 aromatic heterocycles. The largest absolute Gasteiger partial charge is 0.311 e. The summed E-state index contributed by atoms with van der Waals surface area (Å²) >= 11 is 3.43. The summed E-state index contributed by atoms with van der Waals surface area (Å²) in [7, 11) is 1.73. The molecule has 1 amide bonds. The number of halogens is 1. The van der Waals surface area contributed by atoms with Crippen LogP contribution in [0.4, 0.5) is 5.69 Å². The van der Waals surface area contributed by atoms with Crippen LogP contribution in [0.25, 0.3) is 22.6 Å². The van der Waals surface area contributed by atoms with Crippen LogP contribution in [0.3, 0.4) is 0 Å². The molecule has 118 valence electrons. The molecule has 1 N–H and O–H groups in total. The van der Waals surface area contributed by atoms with Gasteiger partial charge in [0.25, 0.3) is 11.5 Å². The summed E-state index contributed by atoms with van der Waals surface area (Å²) in [6, 6.07) is 12.8. The first-order chi connectivity index (χ1) is 11.5. The van der Waals surface area contributed by atoms with Crippen molar-refractivity contribution in [2.24, 2.45) is 0 Å². The Morgan fingerprint density at radius 2 is 1.96 bits per heavy atom. The van der Waals surface area contributed by atoms with Crippen LogP contribution < -0.4 is 10.5 Å². The second-order valence-electron chi connectivity index (χ2n) is 5.55. The van der Waals surface area contributed by atoms with Gasteiger partial charge in [-0.05, 0) is 36.4 Å². The summed E-state index contributed by atoms with van der Waals surface area (Å²) in [4.78, 5) is 33.5. The van der Waals surface area contributed by atoms with Crippen LogP contribution in [0, 0.1) is 0 Å². The number of nitrogens with zero attached hydrogens (tertiary/aromatic N) is 2. The normalized spacial score (nSPS) is 15.3. The minimum Gasteiger partial charge on any atom is -0.311 e. The van der Waals surface area contributed by atoms with E-state index in [4.69, 9.17) is 0 Å². The first-order valence-electron chi connectivity index (χ1n) is 7.33. The summed E-state index contributed by atoms with van der Waals surface area (Å²) < 4.78 is 0.884. The number of anilines is 1. The van der Waals surface area contributed by atoms with E-state index in [-0.39, 0.29) is 11.5 Å². The molecule has 0 aliphatic carbocycles. The number of aromatic nitrogens is 2. The van der Waals surface area contributed by atoms with E-state index >= 15 is 0 Å².